The monoisotopic (exact) mass is 430 g/mol. The minimum Gasteiger partial charge on any atom is -0.489 e. The molecule has 4 nitrogen and oxygen atoms in total. The molecule has 0 saturated heterocycles. The van der Waals surface area contributed by atoms with E-state index in [0.717, 1.165) is 18.9 Å². The number of carbonyl (C=O) groups is 1. The van der Waals surface area contributed by atoms with Gasteiger partial charge >= 0.3 is 5.97 Å². The molecule has 166 valence electrons. The highest BCUT2D eigenvalue weighted by Crippen LogP contribution is 2.35. The maximum absolute atomic E-state index is 14.2. The van der Waals surface area contributed by atoms with E-state index in [-0.39, 0.29) is 25.0 Å². The van der Waals surface area contributed by atoms with Crippen LogP contribution in [-0.2, 0) is 21.9 Å². The van der Waals surface area contributed by atoms with Crippen LogP contribution in [0, 0.1) is 13.8 Å². The summed E-state index contributed by atoms with van der Waals surface area (Å²) in [7, 11) is 0. The molecule has 1 aliphatic rings. The zero-order chi connectivity index (χ0) is 22.6. The van der Waals surface area contributed by atoms with E-state index in [9.17, 15) is 13.6 Å². The minimum atomic E-state index is -3.09. The number of carboxylic acids is 1. The summed E-state index contributed by atoms with van der Waals surface area (Å²) < 4.78 is 39.9. The molecule has 2 aromatic carbocycles. The summed E-state index contributed by atoms with van der Waals surface area (Å²) in [5, 5.41) is 8.88. The molecule has 1 N–H and O–H groups in total. The van der Waals surface area contributed by atoms with Crippen molar-refractivity contribution < 1.29 is 28.2 Å². The predicted octanol–water partition coefficient (Wildman–Crippen LogP) is 5.69. The maximum atomic E-state index is 14.2. The van der Waals surface area contributed by atoms with E-state index < -0.39 is 11.9 Å². The lowest BCUT2D eigenvalue weighted by atomic mass is 9.89. The highest BCUT2D eigenvalue weighted by Gasteiger charge is 2.28. The van der Waals surface area contributed by atoms with Gasteiger partial charge in [-0.15, -0.1) is 0 Å². The average Bonchev–Trinajstić information content (AvgIpc) is 2.71. The molecule has 1 heterocycles. The fraction of sp³-hybridized carbons (Fsp3) is 0.400. The van der Waals surface area contributed by atoms with Crippen molar-refractivity contribution in [2.75, 3.05) is 19.8 Å². The topological polar surface area (TPSA) is 55.8 Å². The normalized spacial score (nSPS) is 14.6. The van der Waals surface area contributed by atoms with Gasteiger partial charge in [0.15, 0.2) is 0 Å². The first kappa shape index (κ1) is 22.9. The summed E-state index contributed by atoms with van der Waals surface area (Å²) in [5.74, 6) is -3.78. The highest BCUT2D eigenvalue weighted by atomic mass is 19.3. The quantitative estimate of drug-likeness (QED) is 0.585. The number of benzene rings is 2. The van der Waals surface area contributed by atoms with Gasteiger partial charge in [-0.3, -0.25) is 4.79 Å². The van der Waals surface area contributed by atoms with Gasteiger partial charge in [0.25, 0.3) is 5.92 Å². The lowest BCUT2D eigenvalue weighted by Crippen LogP contribution is -2.17. The number of alkyl halides is 2. The van der Waals surface area contributed by atoms with Gasteiger partial charge in [0.05, 0.1) is 13.2 Å². The minimum absolute atomic E-state index is 0.0457. The molecule has 0 atom stereocenters. The SMILES string of the molecule is Cc1cccc(C)c1C1=C(COc2ccc(CCC(=O)O)c(C(C)(F)F)c2)COCC1. The van der Waals surface area contributed by atoms with Crippen LogP contribution in [0.15, 0.2) is 42.0 Å². The van der Waals surface area contributed by atoms with Crippen molar-refractivity contribution in [1.29, 1.82) is 0 Å². The van der Waals surface area contributed by atoms with Gasteiger partial charge in [0.2, 0.25) is 0 Å². The third-order valence-electron chi connectivity index (χ3n) is 5.56. The van der Waals surface area contributed by atoms with E-state index in [1.54, 1.807) is 6.07 Å². The van der Waals surface area contributed by atoms with Gasteiger partial charge in [-0.05, 0) is 72.2 Å². The Balaban J connectivity index is 1.86. The molecular weight excluding hydrogens is 402 g/mol. The molecule has 3 rings (SSSR count). The zero-order valence-corrected chi connectivity index (χ0v) is 18.1. The first-order chi connectivity index (χ1) is 14.7. The van der Waals surface area contributed by atoms with E-state index >= 15 is 0 Å². The van der Waals surface area contributed by atoms with E-state index in [1.807, 2.05) is 6.07 Å². The number of aliphatic carboxylic acids is 1. The van der Waals surface area contributed by atoms with Crippen molar-refractivity contribution in [3.05, 3.63) is 69.8 Å². The molecule has 0 unspecified atom stereocenters. The summed E-state index contributed by atoms with van der Waals surface area (Å²) in [6.45, 7) is 6.29. The molecule has 6 heteroatoms. The van der Waals surface area contributed by atoms with Crippen LogP contribution in [0.2, 0.25) is 0 Å². The number of aryl methyl sites for hydroxylation is 3. The standard InChI is InChI=1S/C25H28F2O4/c1-16-5-4-6-17(2)24(16)21-11-12-30-14-19(21)15-31-20-9-7-18(8-10-23(28)29)22(13-20)25(3,26)27/h4-7,9,13H,8,10-12,14-15H2,1-3H3,(H,28,29). The van der Waals surface area contributed by atoms with Crippen LogP contribution >= 0.6 is 0 Å². The van der Waals surface area contributed by atoms with E-state index in [1.165, 1.54) is 34.4 Å². The van der Waals surface area contributed by atoms with Crippen molar-refractivity contribution in [2.24, 2.45) is 0 Å². The number of hydrogen-bond acceptors (Lipinski definition) is 3. The molecule has 2 aromatic rings. The Morgan fingerprint density at radius 1 is 1.19 bits per heavy atom. The van der Waals surface area contributed by atoms with E-state index in [4.69, 9.17) is 14.6 Å². The third-order valence-corrected chi connectivity index (χ3v) is 5.56. The maximum Gasteiger partial charge on any atom is 0.303 e. The van der Waals surface area contributed by atoms with Crippen molar-refractivity contribution in [3.63, 3.8) is 0 Å². The molecule has 0 fully saturated rings. The van der Waals surface area contributed by atoms with Crippen molar-refractivity contribution in [3.8, 4) is 5.75 Å². The summed E-state index contributed by atoms with van der Waals surface area (Å²) in [6.07, 6.45) is 0.619. The number of rotatable bonds is 8. The van der Waals surface area contributed by atoms with E-state index in [2.05, 4.69) is 26.0 Å². The van der Waals surface area contributed by atoms with Crippen molar-refractivity contribution in [1.82, 2.24) is 0 Å². The number of carboxylic acid groups (broad SMARTS) is 1. The summed E-state index contributed by atoms with van der Waals surface area (Å²) in [6, 6.07) is 10.7. The first-order valence-electron chi connectivity index (χ1n) is 10.4. The van der Waals surface area contributed by atoms with Crippen LogP contribution in [0.3, 0.4) is 0 Å². The number of ether oxygens (including phenoxy) is 2. The Morgan fingerprint density at radius 2 is 1.90 bits per heavy atom. The molecule has 0 amide bonds. The summed E-state index contributed by atoms with van der Waals surface area (Å²) in [4.78, 5) is 10.8. The predicted molar refractivity (Wildman–Crippen MR) is 116 cm³/mol. The molecule has 31 heavy (non-hydrogen) atoms. The fourth-order valence-corrected chi connectivity index (χ4v) is 4.04. The Morgan fingerprint density at radius 3 is 2.55 bits per heavy atom. The molecule has 0 aromatic heterocycles. The van der Waals surface area contributed by atoms with Gasteiger partial charge in [0, 0.05) is 18.9 Å². The van der Waals surface area contributed by atoms with Crippen LogP contribution in [0.1, 0.15) is 47.6 Å². The zero-order valence-electron chi connectivity index (χ0n) is 18.1. The second kappa shape index (κ2) is 9.60. The van der Waals surface area contributed by atoms with Crippen LogP contribution in [0.25, 0.3) is 5.57 Å². The van der Waals surface area contributed by atoms with Gasteiger partial charge in [-0.1, -0.05) is 24.3 Å². The number of halogens is 2. The van der Waals surface area contributed by atoms with Crippen molar-refractivity contribution in [2.45, 2.75) is 46.0 Å². The van der Waals surface area contributed by atoms with Crippen LogP contribution in [0.4, 0.5) is 8.78 Å². The Bertz CT molecular complexity index is 969. The van der Waals surface area contributed by atoms with Gasteiger partial charge in [-0.2, -0.15) is 0 Å². The second-order valence-electron chi connectivity index (χ2n) is 8.04. The average molecular weight is 430 g/mol. The van der Waals surface area contributed by atoms with Crippen LogP contribution in [-0.4, -0.2) is 30.9 Å². The highest BCUT2D eigenvalue weighted by molar-refractivity contribution is 5.74. The summed E-state index contributed by atoms with van der Waals surface area (Å²) in [5.41, 5.74) is 5.89. The molecule has 1 aliphatic heterocycles. The lowest BCUT2D eigenvalue weighted by molar-refractivity contribution is -0.137. The molecule has 0 aliphatic carbocycles. The molecule has 0 radical (unpaired) electrons. The fourth-order valence-electron chi connectivity index (χ4n) is 4.04. The molecule has 0 saturated carbocycles. The van der Waals surface area contributed by atoms with E-state index in [0.29, 0.717) is 24.5 Å². The molecule has 0 bridgehead atoms. The smallest absolute Gasteiger partial charge is 0.303 e. The molecular formula is C25H28F2O4. The Hall–Kier alpha value is -2.73. The van der Waals surface area contributed by atoms with Gasteiger partial charge in [0.1, 0.15) is 12.4 Å². The number of hydrogen-bond donors (Lipinski definition) is 1. The van der Waals surface area contributed by atoms with Crippen molar-refractivity contribution >= 4 is 11.5 Å². The lowest BCUT2D eigenvalue weighted by Gasteiger charge is -2.24. The van der Waals surface area contributed by atoms with Crippen LogP contribution < -0.4 is 4.74 Å². The Labute approximate surface area is 181 Å². The Kier molecular flexibility index (Phi) is 7.11. The summed E-state index contributed by atoms with van der Waals surface area (Å²) >= 11 is 0. The molecule has 0 spiro atoms. The largest absolute Gasteiger partial charge is 0.489 e. The van der Waals surface area contributed by atoms with Gasteiger partial charge in [-0.25, -0.2) is 8.78 Å². The third kappa shape index (κ3) is 5.70. The van der Waals surface area contributed by atoms with Gasteiger partial charge < -0.3 is 14.6 Å². The first-order valence-corrected chi connectivity index (χ1v) is 10.4. The second-order valence-corrected chi connectivity index (χ2v) is 8.04. The van der Waals surface area contributed by atoms with Crippen LogP contribution in [0.5, 0.6) is 5.75 Å².